The van der Waals surface area contributed by atoms with Crippen LogP contribution in [0, 0.1) is 0 Å². The first-order valence-corrected chi connectivity index (χ1v) is 10.8. The smallest absolute Gasteiger partial charge is 0.259 e. The van der Waals surface area contributed by atoms with Crippen LogP contribution in [0.15, 0.2) is 47.8 Å². The van der Waals surface area contributed by atoms with Crippen LogP contribution in [0.25, 0.3) is 0 Å². The Kier molecular flexibility index (Phi) is 6.34. The summed E-state index contributed by atoms with van der Waals surface area (Å²) in [7, 11) is 1.63. The first kappa shape index (κ1) is 22.1. The highest BCUT2D eigenvalue weighted by Crippen LogP contribution is 2.27. The summed E-state index contributed by atoms with van der Waals surface area (Å²) in [5.41, 5.74) is 1.30. The number of hydrogen-bond acceptors (Lipinski definition) is 7. The summed E-state index contributed by atoms with van der Waals surface area (Å²) in [6.45, 7) is 5.37. The Morgan fingerprint density at radius 3 is 2.69 bits per heavy atom. The summed E-state index contributed by atoms with van der Waals surface area (Å²) in [6.07, 6.45) is 3.56. The minimum atomic E-state index is -0.967. The van der Waals surface area contributed by atoms with Gasteiger partial charge >= 0.3 is 0 Å². The topological polar surface area (TPSA) is 93.1 Å². The number of amides is 1. The van der Waals surface area contributed by atoms with Gasteiger partial charge in [0.25, 0.3) is 5.91 Å². The van der Waals surface area contributed by atoms with Crippen LogP contribution in [-0.4, -0.2) is 54.2 Å². The predicted molar refractivity (Wildman–Crippen MR) is 121 cm³/mol. The number of nitrogens with one attached hydrogen (secondary N) is 1. The number of piperidine rings is 1. The van der Waals surface area contributed by atoms with Crippen LogP contribution in [0.3, 0.4) is 0 Å². The molecule has 8 nitrogen and oxygen atoms in total. The Hall–Kier alpha value is -3.10. The Morgan fingerprint density at radius 2 is 2.06 bits per heavy atom. The van der Waals surface area contributed by atoms with Gasteiger partial charge in [-0.3, -0.25) is 14.5 Å². The third-order valence-electron chi connectivity index (χ3n) is 5.78. The van der Waals surface area contributed by atoms with E-state index in [0.717, 1.165) is 24.9 Å². The standard InChI is InChI=1S/C24H28N4O4/c1-24(2)21(29)20(27-32-24)16-8-10-17(11-9-16)23(30)28(19-7-5-12-25-14-19)22-18(15-31-3)6-4-13-26-22/h4,6,8-11,13,19,25H,5,7,12,14-15H2,1-3H3. The first-order chi connectivity index (χ1) is 15.4. The monoisotopic (exact) mass is 436 g/mol. The molecule has 4 rings (SSSR count). The van der Waals surface area contributed by atoms with Gasteiger partial charge in [0.1, 0.15) is 5.82 Å². The van der Waals surface area contributed by atoms with E-state index in [2.05, 4.69) is 15.5 Å². The predicted octanol–water partition coefficient (Wildman–Crippen LogP) is 2.71. The maximum Gasteiger partial charge on any atom is 0.259 e. The van der Waals surface area contributed by atoms with Crippen molar-refractivity contribution in [2.45, 2.75) is 44.9 Å². The molecule has 2 aliphatic rings. The first-order valence-electron chi connectivity index (χ1n) is 10.8. The molecule has 2 aromatic rings. The van der Waals surface area contributed by atoms with E-state index >= 15 is 0 Å². The Labute approximate surface area is 187 Å². The zero-order valence-corrected chi connectivity index (χ0v) is 18.6. The van der Waals surface area contributed by atoms with Crippen LogP contribution in [0.2, 0.25) is 0 Å². The van der Waals surface area contributed by atoms with E-state index in [9.17, 15) is 9.59 Å². The van der Waals surface area contributed by atoms with Gasteiger partial charge in [-0.1, -0.05) is 23.4 Å². The largest absolute Gasteiger partial charge is 0.381 e. The molecule has 1 aromatic heterocycles. The number of rotatable bonds is 6. The van der Waals surface area contributed by atoms with Crippen molar-refractivity contribution in [1.29, 1.82) is 0 Å². The van der Waals surface area contributed by atoms with Gasteiger partial charge in [-0.05, 0) is 51.4 Å². The van der Waals surface area contributed by atoms with Crippen molar-refractivity contribution >= 4 is 23.2 Å². The lowest BCUT2D eigenvalue weighted by Crippen LogP contribution is -2.49. The van der Waals surface area contributed by atoms with Crippen LogP contribution >= 0.6 is 0 Å². The molecule has 1 saturated heterocycles. The van der Waals surface area contributed by atoms with Crippen molar-refractivity contribution in [2.24, 2.45) is 5.16 Å². The molecule has 8 heteroatoms. The number of ether oxygens (including phenoxy) is 1. The summed E-state index contributed by atoms with van der Waals surface area (Å²) in [4.78, 5) is 37.7. The van der Waals surface area contributed by atoms with Gasteiger partial charge in [-0.2, -0.15) is 0 Å². The van der Waals surface area contributed by atoms with Crippen LogP contribution in [-0.2, 0) is 21.0 Å². The van der Waals surface area contributed by atoms with Gasteiger partial charge in [0, 0.05) is 36.5 Å². The summed E-state index contributed by atoms with van der Waals surface area (Å²) in [6, 6.07) is 10.7. The lowest BCUT2D eigenvalue weighted by Gasteiger charge is -2.35. The Bertz CT molecular complexity index is 1030. The number of nitrogens with zero attached hydrogens (tertiary/aromatic N) is 3. The highest BCUT2D eigenvalue weighted by Gasteiger charge is 2.40. The minimum Gasteiger partial charge on any atom is -0.381 e. The highest BCUT2D eigenvalue weighted by molar-refractivity contribution is 6.49. The molecule has 32 heavy (non-hydrogen) atoms. The van der Waals surface area contributed by atoms with Gasteiger partial charge < -0.3 is 14.9 Å². The fraction of sp³-hybridized carbons (Fsp3) is 0.417. The number of methoxy groups -OCH3 is 1. The molecule has 168 valence electrons. The maximum absolute atomic E-state index is 13.7. The molecule has 2 aliphatic heterocycles. The summed E-state index contributed by atoms with van der Waals surface area (Å²) < 4.78 is 5.34. The number of hydrogen-bond donors (Lipinski definition) is 1. The van der Waals surface area contributed by atoms with Crippen LogP contribution in [0.1, 0.15) is 48.2 Å². The van der Waals surface area contributed by atoms with Crippen molar-refractivity contribution in [3.8, 4) is 0 Å². The number of oxime groups is 1. The molecule has 1 fully saturated rings. The molecule has 0 radical (unpaired) electrons. The molecule has 1 atom stereocenters. The molecular formula is C24H28N4O4. The maximum atomic E-state index is 13.7. The summed E-state index contributed by atoms with van der Waals surface area (Å²) in [5, 5.41) is 7.32. The second-order valence-corrected chi connectivity index (χ2v) is 8.54. The SMILES string of the molecule is COCc1cccnc1N(C(=O)c1ccc(C2=NOC(C)(C)C2=O)cc1)C1CCCNC1. The van der Waals surface area contributed by atoms with E-state index in [-0.39, 0.29) is 23.4 Å². The second-order valence-electron chi connectivity index (χ2n) is 8.54. The molecule has 0 spiro atoms. The number of aromatic nitrogens is 1. The van der Waals surface area contributed by atoms with Gasteiger partial charge in [0.05, 0.1) is 12.6 Å². The van der Waals surface area contributed by atoms with Crippen molar-refractivity contribution in [3.05, 3.63) is 59.3 Å². The lowest BCUT2D eigenvalue weighted by molar-refractivity contribution is -0.128. The zero-order valence-electron chi connectivity index (χ0n) is 18.6. The number of carbonyl (C=O) groups excluding carboxylic acids is 2. The summed E-state index contributed by atoms with van der Waals surface area (Å²) in [5.74, 6) is 0.296. The number of carbonyl (C=O) groups is 2. The molecule has 1 unspecified atom stereocenters. The van der Waals surface area contributed by atoms with Gasteiger partial charge in [0.2, 0.25) is 5.78 Å². The van der Waals surface area contributed by atoms with Crippen molar-refractivity contribution in [3.63, 3.8) is 0 Å². The third kappa shape index (κ3) is 4.28. The van der Waals surface area contributed by atoms with Crippen molar-refractivity contribution in [2.75, 3.05) is 25.1 Å². The molecule has 0 saturated carbocycles. The van der Waals surface area contributed by atoms with E-state index in [1.807, 2.05) is 12.1 Å². The highest BCUT2D eigenvalue weighted by atomic mass is 16.7. The zero-order chi connectivity index (χ0) is 22.7. The number of Topliss-reactive ketones (excluding diaryl/α,β-unsaturated/α-hetero) is 1. The molecule has 1 aromatic carbocycles. The van der Waals surface area contributed by atoms with Gasteiger partial charge in [-0.25, -0.2) is 4.98 Å². The average molecular weight is 437 g/mol. The minimum absolute atomic E-state index is 0.0172. The van der Waals surface area contributed by atoms with Crippen LogP contribution in [0.4, 0.5) is 5.82 Å². The number of ketones is 1. The molecule has 3 heterocycles. The summed E-state index contributed by atoms with van der Waals surface area (Å²) >= 11 is 0. The second kappa shape index (κ2) is 9.18. The van der Waals surface area contributed by atoms with E-state index in [4.69, 9.17) is 9.57 Å². The van der Waals surface area contributed by atoms with Crippen molar-refractivity contribution < 1.29 is 19.2 Å². The fourth-order valence-electron chi connectivity index (χ4n) is 4.03. The molecular weight excluding hydrogens is 408 g/mol. The van der Waals surface area contributed by atoms with Gasteiger partial charge in [-0.15, -0.1) is 0 Å². The Morgan fingerprint density at radius 1 is 1.28 bits per heavy atom. The van der Waals surface area contributed by atoms with Crippen molar-refractivity contribution in [1.82, 2.24) is 10.3 Å². The number of anilines is 1. The van der Waals surface area contributed by atoms with E-state index in [0.29, 0.717) is 30.1 Å². The average Bonchev–Trinajstić information content (AvgIpc) is 3.08. The van der Waals surface area contributed by atoms with Crippen LogP contribution < -0.4 is 10.2 Å². The lowest BCUT2D eigenvalue weighted by atomic mass is 9.95. The fourth-order valence-corrected chi connectivity index (χ4v) is 4.03. The molecule has 0 bridgehead atoms. The van der Waals surface area contributed by atoms with Gasteiger partial charge in [0.15, 0.2) is 11.3 Å². The normalized spacial score (nSPS) is 19.9. The number of benzene rings is 1. The van der Waals surface area contributed by atoms with E-state index < -0.39 is 5.60 Å². The Balaban J connectivity index is 1.65. The third-order valence-corrected chi connectivity index (χ3v) is 5.78. The van der Waals surface area contributed by atoms with Crippen LogP contribution in [0.5, 0.6) is 0 Å². The molecule has 1 N–H and O–H groups in total. The quantitative estimate of drug-likeness (QED) is 0.749. The molecule has 1 amide bonds. The van der Waals surface area contributed by atoms with E-state index in [1.165, 1.54) is 0 Å². The van der Waals surface area contributed by atoms with E-state index in [1.54, 1.807) is 56.3 Å². The molecule has 0 aliphatic carbocycles. The number of pyridine rings is 1.